The molecule has 1 aromatic carbocycles. The number of nitrogens with one attached hydrogen (secondary N) is 2. The smallest absolute Gasteiger partial charge is 0.372 e. The van der Waals surface area contributed by atoms with Gasteiger partial charge in [-0.1, -0.05) is 13.0 Å². The minimum absolute atomic E-state index is 0.0286. The Kier molecular flexibility index (Phi) is 7.48. The van der Waals surface area contributed by atoms with Crippen LogP contribution in [-0.2, 0) is 12.4 Å². The largest absolute Gasteiger partial charge is 0.416 e. The third kappa shape index (κ3) is 6.60. The van der Waals surface area contributed by atoms with Gasteiger partial charge < -0.3 is 15.7 Å². The number of aliphatic hydroxyl groups excluding tert-OH is 1. The van der Waals surface area contributed by atoms with Gasteiger partial charge in [0, 0.05) is 31.2 Å². The molecule has 0 saturated carbocycles. The fourth-order valence-corrected chi connectivity index (χ4v) is 2.89. The van der Waals surface area contributed by atoms with Crippen LogP contribution < -0.4 is 10.6 Å². The second kappa shape index (κ2) is 9.45. The van der Waals surface area contributed by atoms with Gasteiger partial charge in [0.2, 0.25) is 0 Å². The van der Waals surface area contributed by atoms with Crippen LogP contribution in [0.2, 0.25) is 0 Å². The topological polar surface area (TPSA) is 57.2 Å². The summed E-state index contributed by atoms with van der Waals surface area (Å²) in [5.41, 5.74) is -2.23. The van der Waals surface area contributed by atoms with Crippen molar-refractivity contribution in [2.75, 3.05) is 18.4 Å². The Hall–Kier alpha value is -2.33. The summed E-state index contributed by atoms with van der Waals surface area (Å²) in [7, 11) is 0. The van der Waals surface area contributed by atoms with Gasteiger partial charge in [0.1, 0.15) is 6.23 Å². The molecule has 3 N–H and O–H groups in total. The average Bonchev–Trinajstić information content (AvgIpc) is 2.64. The van der Waals surface area contributed by atoms with Crippen LogP contribution in [0.1, 0.15) is 36.0 Å². The van der Waals surface area contributed by atoms with Crippen molar-refractivity contribution in [1.29, 1.82) is 0 Å². The normalized spacial score (nSPS) is 14.5. The third-order valence-corrected chi connectivity index (χ3v) is 4.36. The second-order valence-electron chi connectivity index (χ2n) is 6.46. The lowest BCUT2D eigenvalue weighted by Gasteiger charge is -2.23. The van der Waals surface area contributed by atoms with E-state index in [9.17, 15) is 31.4 Å². The van der Waals surface area contributed by atoms with Gasteiger partial charge in [-0.2, -0.15) is 26.3 Å². The first kappa shape index (κ1) is 23.0. The summed E-state index contributed by atoms with van der Waals surface area (Å²) in [5.74, 6) is -0.679. The predicted octanol–water partition coefficient (Wildman–Crippen LogP) is 4.63. The first-order chi connectivity index (χ1) is 13.5. The van der Waals surface area contributed by atoms with Gasteiger partial charge in [-0.3, -0.25) is 4.98 Å². The molecule has 2 rings (SSSR count). The molecule has 0 spiro atoms. The minimum atomic E-state index is -4.91. The molecule has 0 aliphatic rings. The van der Waals surface area contributed by atoms with Gasteiger partial charge >= 0.3 is 12.4 Å². The molecule has 29 heavy (non-hydrogen) atoms. The standard InChI is InChI=1S/C19H21F6N3O/c1-2-12(10-27-11-17(29)28-14-5-7-26-8-6-14)15-4-3-13(18(20,21)22)9-16(15)19(23,24)25/h3-9,12,17,27,29H,2,10-11H2,1H3,(H,26,28). The van der Waals surface area contributed by atoms with Crippen molar-refractivity contribution < 1.29 is 31.4 Å². The Bertz CT molecular complexity index is 780. The van der Waals surface area contributed by atoms with Crippen LogP contribution in [-0.4, -0.2) is 29.4 Å². The second-order valence-corrected chi connectivity index (χ2v) is 6.46. The molecule has 0 radical (unpaired) electrons. The summed E-state index contributed by atoms with van der Waals surface area (Å²) in [6.45, 7) is 1.73. The number of hydrogen-bond donors (Lipinski definition) is 3. The van der Waals surface area contributed by atoms with Gasteiger partial charge in [-0.15, -0.1) is 0 Å². The number of hydrogen-bond acceptors (Lipinski definition) is 4. The highest BCUT2D eigenvalue weighted by atomic mass is 19.4. The van der Waals surface area contributed by atoms with E-state index in [0.717, 1.165) is 6.07 Å². The van der Waals surface area contributed by atoms with Crippen molar-refractivity contribution in [2.24, 2.45) is 0 Å². The zero-order valence-electron chi connectivity index (χ0n) is 15.5. The van der Waals surface area contributed by atoms with E-state index in [4.69, 9.17) is 0 Å². The Morgan fingerprint density at radius 1 is 0.966 bits per heavy atom. The molecule has 0 fully saturated rings. The predicted molar refractivity (Wildman–Crippen MR) is 96.2 cm³/mol. The highest BCUT2D eigenvalue weighted by Crippen LogP contribution is 2.40. The van der Waals surface area contributed by atoms with Crippen LogP contribution in [0.25, 0.3) is 0 Å². The monoisotopic (exact) mass is 421 g/mol. The Labute approximate surface area is 164 Å². The Morgan fingerprint density at radius 2 is 1.62 bits per heavy atom. The van der Waals surface area contributed by atoms with E-state index in [1.165, 1.54) is 12.4 Å². The van der Waals surface area contributed by atoms with Crippen molar-refractivity contribution in [1.82, 2.24) is 10.3 Å². The Morgan fingerprint density at radius 3 is 2.17 bits per heavy atom. The molecular weight excluding hydrogens is 400 g/mol. The van der Waals surface area contributed by atoms with Crippen LogP contribution in [0.5, 0.6) is 0 Å². The van der Waals surface area contributed by atoms with Gasteiger partial charge in [-0.05, 0) is 42.2 Å². The minimum Gasteiger partial charge on any atom is -0.372 e. The van der Waals surface area contributed by atoms with E-state index in [2.05, 4.69) is 15.6 Å². The summed E-state index contributed by atoms with van der Waals surface area (Å²) in [4.78, 5) is 3.83. The number of nitrogens with zero attached hydrogens (tertiary/aromatic N) is 1. The highest BCUT2D eigenvalue weighted by molar-refractivity contribution is 5.41. The average molecular weight is 421 g/mol. The molecule has 0 saturated heterocycles. The third-order valence-electron chi connectivity index (χ3n) is 4.36. The molecule has 160 valence electrons. The molecule has 2 unspecified atom stereocenters. The molecule has 0 bridgehead atoms. The first-order valence-corrected chi connectivity index (χ1v) is 8.86. The maximum atomic E-state index is 13.4. The van der Waals surface area contributed by atoms with E-state index < -0.39 is 35.6 Å². The fourth-order valence-electron chi connectivity index (χ4n) is 2.89. The molecule has 10 heteroatoms. The lowest BCUT2D eigenvalue weighted by Crippen LogP contribution is -2.35. The van der Waals surface area contributed by atoms with E-state index in [1.54, 1.807) is 19.1 Å². The summed E-state index contributed by atoms with van der Waals surface area (Å²) in [6.07, 6.45) is -7.45. The molecular formula is C19H21F6N3O. The first-order valence-electron chi connectivity index (χ1n) is 8.86. The molecule has 0 aliphatic heterocycles. The molecule has 0 amide bonds. The van der Waals surface area contributed by atoms with E-state index in [1.807, 2.05) is 0 Å². The van der Waals surface area contributed by atoms with Crippen LogP contribution in [0, 0.1) is 0 Å². The van der Waals surface area contributed by atoms with Crippen LogP contribution in [0.3, 0.4) is 0 Å². The maximum Gasteiger partial charge on any atom is 0.416 e. The number of aromatic nitrogens is 1. The van der Waals surface area contributed by atoms with Crippen molar-refractivity contribution in [3.8, 4) is 0 Å². The van der Waals surface area contributed by atoms with Gasteiger partial charge in [0.05, 0.1) is 11.1 Å². The summed E-state index contributed by atoms with van der Waals surface area (Å²) < 4.78 is 78.6. The zero-order valence-corrected chi connectivity index (χ0v) is 15.5. The van der Waals surface area contributed by atoms with E-state index >= 15 is 0 Å². The van der Waals surface area contributed by atoms with Gasteiger partial charge in [0.15, 0.2) is 0 Å². The number of rotatable bonds is 8. The molecule has 0 aliphatic carbocycles. The fraction of sp³-hybridized carbons (Fsp3) is 0.421. The van der Waals surface area contributed by atoms with Crippen molar-refractivity contribution in [3.05, 3.63) is 59.4 Å². The lowest BCUT2D eigenvalue weighted by atomic mass is 9.90. The quantitative estimate of drug-likeness (QED) is 0.430. The molecule has 1 heterocycles. The number of pyridine rings is 1. The van der Waals surface area contributed by atoms with Crippen LogP contribution >= 0.6 is 0 Å². The van der Waals surface area contributed by atoms with Gasteiger partial charge in [-0.25, -0.2) is 0 Å². The molecule has 1 aromatic heterocycles. The number of anilines is 1. The highest BCUT2D eigenvalue weighted by Gasteiger charge is 2.39. The van der Waals surface area contributed by atoms with E-state index in [0.29, 0.717) is 11.8 Å². The van der Waals surface area contributed by atoms with Gasteiger partial charge in [0.25, 0.3) is 0 Å². The zero-order chi connectivity index (χ0) is 21.7. The molecule has 4 nitrogen and oxygen atoms in total. The van der Waals surface area contributed by atoms with Crippen LogP contribution in [0.15, 0.2) is 42.7 Å². The summed E-state index contributed by atoms with van der Waals surface area (Å²) in [5, 5.41) is 15.6. The summed E-state index contributed by atoms with van der Waals surface area (Å²) in [6, 6.07) is 4.96. The maximum absolute atomic E-state index is 13.4. The summed E-state index contributed by atoms with van der Waals surface area (Å²) >= 11 is 0. The van der Waals surface area contributed by atoms with Crippen molar-refractivity contribution >= 4 is 5.69 Å². The number of alkyl halides is 6. The van der Waals surface area contributed by atoms with Crippen LogP contribution in [0.4, 0.5) is 32.0 Å². The molecule has 2 aromatic rings. The number of aliphatic hydroxyl groups is 1. The van der Waals surface area contributed by atoms with Crippen molar-refractivity contribution in [2.45, 2.75) is 37.8 Å². The SMILES string of the molecule is CCC(CNCC(O)Nc1ccncc1)c1ccc(C(F)(F)F)cc1C(F)(F)F. The lowest BCUT2D eigenvalue weighted by molar-refractivity contribution is -0.143. The van der Waals surface area contributed by atoms with E-state index in [-0.39, 0.29) is 31.1 Å². The Balaban J connectivity index is 2.08. The number of benzene rings is 1. The van der Waals surface area contributed by atoms with Crippen molar-refractivity contribution in [3.63, 3.8) is 0 Å². The number of halogens is 6. The molecule has 2 atom stereocenters.